The molecule has 7 nitrogen and oxygen atoms in total. The highest BCUT2D eigenvalue weighted by Crippen LogP contribution is 2.20. The van der Waals surface area contributed by atoms with Crippen LogP contribution in [0.3, 0.4) is 0 Å². The van der Waals surface area contributed by atoms with Gasteiger partial charge in [0.05, 0.1) is 33.9 Å². The number of non-ortho nitro benzene ring substituents is 1. The first kappa shape index (κ1) is 17.3. The first-order chi connectivity index (χ1) is 12.5. The first-order valence-corrected chi connectivity index (χ1v) is 8.12. The summed E-state index contributed by atoms with van der Waals surface area (Å²) < 4.78 is 1.69. The molecular weight excluding hydrogens is 330 g/mol. The highest BCUT2D eigenvalue weighted by Gasteiger charge is 2.13. The zero-order valence-electron chi connectivity index (χ0n) is 14.8. The van der Waals surface area contributed by atoms with E-state index in [2.05, 4.69) is 15.6 Å². The van der Waals surface area contributed by atoms with E-state index < -0.39 is 4.92 Å². The number of hydrogen-bond acceptors (Lipinski definition) is 5. The van der Waals surface area contributed by atoms with Crippen molar-refractivity contribution in [3.8, 4) is 5.69 Å². The number of aryl methyl sites for hydroxylation is 2. The number of benzene rings is 2. The number of hydrazone groups is 1. The summed E-state index contributed by atoms with van der Waals surface area (Å²) in [5, 5.41) is 19.8. The van der Waals surface area contributed by atoms with E-state index >= 15 is 0 Å². The fourth-order valence-corrected chi connectivity index (χ4v) is 2.63. The van der Waals surface area contributed by atoms with Crippen LogP contribution in [0.2, 0.25) is 0 Å². The Balaban J connectivity index is 1.86. The maximum atomic E-state index is 11.0. The standard InChI is InChI=1S/C19H19N5O2/c1-13-7-9-16(10-8-13)21-20-12-19-14(2)22-23(15(19)3)17-5-4-6-18(11-17)24(25)26/h4-12,21H,1-3H3/b20-12+. The average Bonchev–Trinajstić information content (AvgIpc) is 2.91. The lowest BCUT2D eigenvalue weighted by Crippen LogP contribution is -2.00. The quantitative estimate of drug-likeness (QED) is 0.426. The molecule has 3 aromatic rings. The number of nitrogens with one attached hydrogen (secondary N) is 1. The summed E-state index contributed by atoms with van der Waals surface area (Å²) in [5.41, 5.74) is 8.28. The maximum absolute atomic E-state index is 11.0. The number of anilines is 1. The molecule has 7 heteroatoms. The second kappa shape index (κ2) is 7.18. The molecule has 0 unspecified atom stereocenters. The van der Waals surface area contributed by atoms with Gasteiger partial charge in [-0.1, -0.05) is 23.8 Å². The minimum absolute atomic E-state index is 0.0336. The Morgan fingerprint density at radius 3 is 2.58 bits per heavy atom. The van der Waals surface area contributed by atoms with E-state index in [9.17, 15) is 10.1 Å². The van der Waals surface area contributed by atoms with E-state index in [0.29, 0.717) is 5.69 Å². The van der Waals surface area contributed by atoms with Crippen LogP contribution in [-0.4, -0.2) is 20.9 Å². The summed E-state index contributed by atoms with van der Waals surface area (Å²) in [6.07, 6.45) is 1.71. The van der Waals surface area contributed by atoms with Crippen LogP contribution in [0.5, 0.6) is 0 Å². The van der Waals surface area contributed by atoms with Crippen LogP contribution in [0.1, 0.15) is 22.5 Å². The Morgan fingerprint density at radius 1 is 1.15 bits per heavy atom. The molecule has 0 bridgehead atoms. The number of nitro groups is 1. The molecule has 0 aliphatic carbocycles. The first-order valence-electron chi connectivity index (χ1n) is 8.12. The Hall–Kier alpha value is -3.48. The van der Waals surface area contributed by atoms with Gasteiger partial charge < -0.3 is 0 Å². The molecule has 2 aromatic carbocycles. The maximum Gasteiger partial charge on any atom is 0.271 e. The topological polar surface area (TPSA) is 85.3 Å². The fourth-order valence-electron chi connectivity index (χ4n) is 2.63. The van der Waals surface area contributed by atoms with Crippen LogP contribution < -0.4 is 5.43 Å². The van der Waals surface area contributed by atoms with Gasteiger partial charge in [0.1, 0.15) is 0 Å². The Morgan fingerprint density at radius 2 is 1.88 bits per heavy atom. The summed E-state index contributed by atoms with van der Waals surface area (Å²) in [7, 11) is 0. The Bertz CT molecular complexity index is 974. The van der Waals surface area contributed by atoms with Crippen LogP contribution in [0, 0.1) is 30.9 Å². The third-order valence-corrected chi connectivity index (χ3v) is 4.07. The van der Waals surface area contributed by atoms with Gasteiger partial charge in [0.2, 0.25) is 0 Å². The second-order valence-electron chi connectivity index (χ2n) is 6.01. The zero-order chi connectivity index (χ0) is 18.7. The van der Waals surface area contributed by atoms with Crippen LogP contribution in [0.25, 0.3) is 5.69 Å². The van der Waals surface area contributed by atoms with Crippen LogP contribution >= 0.6 is 0 Å². The van der Waals surface area contributed by atoms with Crippen LogP contribution in [0.4, 0.5) is 11.4 Å². The Labute approximate surface area is 151 Å². The lowest BCUT2D eigenvalue weighted by atomic mass is 10.2. The van der Waals surface area contributed by atoms with E-state index in [1.165, 1.54) is 17.7 Å². The van der Waals surface area contributed by atoms with E-state index in [-0.39, 0.29) is 5.69 Å². The SMILES string of the molecule is Cc1ccc(N/N=C/c2c(C)nn(-c3cccc([N+](=O)[O-])c3)c2C)cc1. The van der Waals surface area contributed by atoms with Crippen LogP contribution in [0.15, 0.2) is 53.6 Å². The summed E-state index contributed by atoms with van der Waals surface area (Å²) in [6.45, 7) is 5.82. The fraction of sp³-hybridized carbons (Fsp3) is 0.158. The molecule has 132 valence electrons. The minimum Gasteiger partial charge on any atom is -0.279 e. The van der Waals surface area contributed by atoms with Gasteiger partial charge in [0.25, 0.3) is 5.69 Å². The summed E-state index contributed by atoms with van der Waals surface area (Å²) >= 11 is 0. The zero-order valence-corrected chi connectivity index (χ0v) is 14.8. The molecule has 1 N–H and O–H groups in total. The van der Waals surface area contributed by atoms with Crippen molar-refractivity contribution in [3.63, 3.8) is 0 Å². The van der Waals surface area contributed by atoms with Gasteiger partial charge in [0, 0.05) is 17.7 Å². The molecule has 0 fully saturated rings. The van der Waals surface area contributed by atoms with E-state index in [1.54, 1.807) is 23.0 Å². The molecule has 0 radical (unpaired) electrons. The minimum atomic E-state index is -0.414. The van der Waals surface area contributed by atoms with Crippen molar-refractivity contribution < 1.29 is 4.92 Å². The van der Waals surface area contributed by atoms with Crippen molar-refractivity contribution in [2.75, 3.05) is 5.43 Å². The second-order valence-corrected chi connectivity index (χ2v) is 6.01. The highest BCUT2D eigenvalue weighted by atomic mass is 16.6. The molecule has 0 aliphatic heterocycles. The highest BCUT2D eigenvalue weighted by molar-refractivity contribution is 5.83. The number of hydrogen-bond donors (Lipinski definition) is 1. The summed E-state index contributed by atoms with van der Waals surface area (Å²) in [5.74, 6) is 0. The van der Waals surface area contributed by atoms with E-state index in [0.717, 1.165) is 22.6 Å². The number of aromatic nitrogens is 2. The number of nitrogens with zero attached hydrogens (tertiary/aromatic N) is 4. The molecule has 26 heavy (non-hydrogen) atoms. The van der Waals surface area contributed by atoms with Crippen molar-refractivity contribution in [3.05, 3.63) is 81.2 Å². The number of nitro benzene ring substituents is 1. The largest absolute Gasteiger partial charge is 0.279 e. The normalized spacial score (nSPS) is 11.0. The molecule has 1 aromatic heterocycles. The molecule has 0 atom stereocenters. The molecule has 0 aliphatic rings. The van der Waals surface area contributed by atoms with Gasteiger partial charge in [-0.05, 0) is 39.0 Å². The summed E-state index contributed by atoms with van der Waals surface area (Å²) in [6, 6.07) is 14.3. The average molecular weight is 349 g/mol. The van der Waals surface area contributed by atoms with Gasteiger partial charge in [0.15, 0.2) is 0 Å². The lowest BCUT2D eigenvalue weighted by molar-refractivity contribution is -0.384. The predicted octanol–water partition coefficient (Wildman–Crippen LogP) is 4.15. The molecular formula is C19H19N5O2. The summed E-state index contributed by atoms with van der Waals surface area (Å²) in [4.78, 5) is 10.6. The van der Waals surface area contributed by atoms with Gasteiger partial charge >= 0.3 is 0 Å². The van der Waals surface area contributed by atoms with Crippen molar-refractivity contribution >= 4 is 17.6 Å². The van der Waals surface area contributed by atoms with E-state index in [1.807, 2.05) is 45.0 Å². The van der Waals surface area contributed by atoms with Crippen molar-refractivity contribution in [2.24, 2.45) is 5.10 Å². The van der Waals surface area contributed by atoms with Gasteiger partial charge in [-0.25, -0.2) is 4.68 Å². The van der Waals surface area contributed by atoms with Gasteiger partial charge in [-0.2, -0.15) is 10.2 Å². The lowest BCUT2D eigenvalue weighted by Gasteiger charge is -2.04. The molecule has 1 heterocycles. The third-order valence-electron chi connectivity index (χ3n) is 4.07. The van der Waals surface area contributed by atoms with Crippen LogP contribution in [-0.2, 0) is 0 Å². The Kier molecular flexibility index (Phi) is 4.79. The van der Waals surface area contributed by atoms with Crippen molar-refractivity contribution in [2.45, 2.75) is 20.8 Å². The molecule has 0 saturated carbocycles. The molecule has 3 rings (SSSR count). The third kappa shape index (κ3) is 3.61. The van der Waals surface area contributed by atoms with Gasteiger partial charge in [-0.3, -0.25) is 15.5 Å². The molecule has 0 spiro atoms. The van der Waals surface area contributed by atoms with Gasteiger partial charge in [-0.15, -0.1) is 0 Å². The monoisotopic (exact) mass is 349 g/mol. The number of rotatable bonds is 5. The van der Waals surface area contributed by atoms with Crippen molar-refractivity contribution in [1.82, 2.24) is 9.78 Å². The van der Waals surface area contributed by atoms with Crippen molar-refractivity contribution in [1.29, 1.82) is 0 Å². The predicted molar refractivity (Wildman–Crippen MR) is 102 cm³/mol. The molecule has 0 amide bonds. The molecule has 0 saturated heterocycles. The smallest absolute Gasteiger partial charge is 0.271 e. The van der Waals surface area contributed by atoms with E-state index in [4.69, 9.17) is 0 Å².